The second kappa shape index (κ2) is 7.41. The first-order valence-electron chi connectivity index (χ1n) is 9.91. The predicted molar refractivity (Wildman–Crippen MR) is 117 cm³/mol. The molecule has 0 bridgehead atoms. The zero-order chi connectivity index (χ0) is 19.8. The summed E-state index contributed by atoms with van der Waals surface area (Å²) in [6.45, 7) is 8.04. The van der Waals surface area contributed by atoms with Crippen LogP contribution < -0.4 is 15.8 Å². The van der Waals surface area contributed by atoms with Crippen LogP contribution in [0.15, 0.2) is 30.5 Å². The summed E-state index contributed by atoms with van der Waals surface area (Å²) in [7, 11) is 1.70. The Bertz CT molecular complexity index is 1160. The van der Waals surface area contributed by atoms with Gasteiger partial charge in [-0.3, -0.25) is 0 Å². The topological polar surface area (TPSA) is 76.0 Å². The van der Waals surface area contributed by atoms with Crippen LogP contribution >= 0.6 is 0 Å². The minimum atomic E-state index is 0.193. The van der Waals surface area contributed by atoms with Gasteiger partial charge in [0.2, 0.25) is 0 Å². The van der Waals surface area contributed by atoms with Crippen molar-refractivity contribution >= 4 is 32.6 Å². The van der Waals surface area contributed by atoms with Gasteiger partial charge < -0.3 is 20.8 Å². The van der Waals surface area contributed by atoms with Crippen molar-refractivity contribution in [3.63, 3.8) is 0 Å². The molecule has 4 N–H and O–H groups in total. The maximum atomic E-state index is 5.91. The molecular weight excluding hydrogens is 348 g/mol. The first-order valence-corrected chi connectivity index (χ1v) is 9.91. The molecule has 2 aromatic carbocycles. The summed E-state index contributed by atoms with van der Waals surface area (Å²) in [4.78, 5) is 8.46. The van der Waals surface area contributed by atoms with Gasteiger partial charge in [-0.05, 0) is 74.1 Å². The van der Waals surface area contributed by atoms with E-state index < -0.39 is 0 Å². The number of aromatic amines is 1. The van der Waals surface area contributed by atoms with Crippen LogP contribution in [0.4, 0.5) is 0 Å². The van der Waals surface area contributed by atoms with Gasteiger partial charge in [-0.25, -0.2) is 4.98 Å². The van der Waals surface area contributed by atoms with Crippen molar-refractivity contribution in [3.8, 4) is 5.75 Å². The van der Waals surface area contributed by atoms with Gasteiger partial charge in [0, 0.05) is 34.1 Å². The molecule has 2 aromatic heterocycles. The number of fused-ring (bicyclic) bond motifs is 4. The Morgan fingerprint density at radius 2 is 1.96 bits per heavy atom. The molecule has 1 atom stereocenters. The summed E-state index contributed by atoms with van der Waals surface area (Å²) < 4.78 is 5.47. The lowest BCUT2D eigenvalue weighted by molar-refractivity contribution is 0.415. The average molecular weight is 377 g/mol. The Hall–Kier alpha value is -2.63. The predicted octanol–water partition coefficient (Wildman–Crippen LogP) is 4.49. The minimum Gasteiger partial charge on any atom is -0.497 e. The molecule has 4 rings (SSSR count). The molecule has 0 spiro atoms. The molecule has 2 heterocycles. The number of H-pyrrole nitrogens is 1. The van der Waals surface area contributed by atoms with E-state index in [1.807, 2.05) is 18.3 Å². The third-order valence-corrected chi connectivity index (χ3v) is 5.73. The van der Waals surface area contributed by atoms with E-state index in [1.54, 1.807) is 7.11 Å². The van der Waals surface area contributed by atoms with Crippen molar-refractivity contribution in [2.24, 2.45) is 5.73 Å². The van der Waals surface area contributed by atoms with Crippen molar-refractivity contribution in [3.05, 3.63) is 47.3 Å². The Morgan fingerprint density at radius 3 is 2.68 bits per heavy atom. The summed E-state index contributed by atoms with van der Waals surface area (Å²) in [5, 5.41) is 8.46. The normalized spacial score (nSPS) is 12.9. The molecule has 0 amide bonds. The number of rotatable bonds is 6. The number of pyridine rings is 1. The Balaban J connectivity index is 2.12. The van der Waals surface area contributed by atoms with Crippen LogP contribution in [0.5, 0.6) is 5.75 Å². The SMILES string of the molecule is CCNC(CCN)c1[nH]ccc2c(C)c3nc4ccc(OC)cc4c3c(C)c12. The Morgan fingerprint density at radius 1 is 1.14 bits per heavy atom. The van der Waals surface area contributed by atoms with Gasteiger partial charge in [0.1, 0.15) is 5.75 Å². The van der Waals surface area contributed by atoms with Gasteiger partial charge in [0.25, 0.3) is 0 Å². The maximum absolute atomic E-state index is 5.91. The van der Waals surface area contributed by atoms with E-state index in [0.29, 0.717) is 6.54 Å². The van der Waals surface area contributed by atoms with E-state index >= 15 is 0 Å². The summed E-state index contributed by atoms with van der Waals surface area (Å²) in [6, 6.07) is 8.46. The molecule has 0 radical (unpaired) electrons. The molecule has 0 fully saturated rings. The fraction of sp³-hybridized carbons (Fsp3) is 0.348. The number of aromatic nitrogens is 2. The molecule has 5 heteroatoms. The Kier molecular flexibility index (Phi) is 4.96. The van der Waals surface area contributed by atoms with E-state index in [2.05, 4.69) is 43.2 Å². The van der Waals surface area contributed by atoms with Crippen LogP contribution in [-0.2, 0) is 0 Å². The molecule has 5 nitrogen and oxygen atoms in total. The number of nitrogens with two attached hydrogens (primary N) is 1. The highest BCUT2D eigenvalue weighted by Crippen LogP contribution is 2.39. The van der Waals surface area contributed by atoms with Crippen LogP contribution in [0.2, 0.25) is 0 Å². The van der Waals surface area contributed by atoms with Crippen molar-refractivity contribution in [2.75, 3.05) is 20.2 Å². The largest absolute Gasteiger partial charge is 0.497 e. The lowest BCUT2D eigenvalue weighted by atomic mass is 9.92. The standard InChI is InChI=1S/C23H28N4O/c1-5-25-19(8-10-24)23-20-14(3)21-17-12-15(28-4)6-7-18(17)27-22(21)13(2)16(20)9-11-26-23/h6-7,9,11-12,19,25-26H,5,8,10,24H2,1-4H3. The molecule has 0 aliphatic rings. The highest BCUT2D eigenvalue weighted by atomic mass is 16.5. The summed E-state index contributed by atoms with van der Waals surface area (Å²) in [6.07, 6.45) is 2.91. The van der Waals surface area contributed by atoms with E-state index in [1.165, 1.54) is 33.0 Å². The van der Waals surface area contributed by atoms with E-state index in [9.17, 15) is 0 Å². The summed E-state index contributed by atoms with van der Waals surface area (Å²) >= 11 is 0. The number of methoxy groups -OCH3 is 1. The second-order valence-corrected chi connectivity index (χ2v) is 7.34. The first-order chi connectivity index (χ1) is 13.6. The first kappa shape index (κ1) is 18.7. The smallest absolute Gasteiger partial charge is 0.119 e. The van der Waals surface area contributed by atoms with E-state index in [0.717, 1.165) is 35.1 Å². The number of nitrogens with zero attached hydrogens (tertiary/aromatic N) is 1. The van der Waals surface area contributed by atoms with Gasteiger partial charge >= 0.3 is 0 Å². The molecule has 0 saturated carbocycles. The lowest BCUT2D eigenvalue weighted by Crippen LogP contribution is -2.24. The van der Waals surface area contributed by atoms with Crippen LogP contribution in [-0.4, -0.2) is 30.2 Å². The highest BCUT2D eigenvalue weighted by Gasteiger charge is 2.20. The maximum Gasteiger partial charge on any atom is 0.119 e. The molecule has 28 heavy (non-hydrogen) atoms. The van der Waals surface area contributed by atoms with Crippen molar-refractivity contribution in [2.45, 2.75) is 33.2 Å². The second-order valence-electron chi connectivity index (χ2n) is 7.34. The Labute approximate surface area is 165 Å². The average Bonchev–Trinajstić information content (AvgIpc) is 3.10. The molecule has 1 unspecified atom stereocenters. The third-order valence-electron chi connectivity index (χ3n) is 5.73. The van der Waals surface area contributed by atoms with Crippen LogP contribution in [0.3, 0.4) is 0 Å². The lowest BCUT2D eigenvalue weighted by Gasteiger charge is -2.21. The molecule has 0 saturated heterocycles. The van der Waals surface area contributed by atoms with Crippen molar-refractivity contribution in [1.29, 1.82) is 0 Å². The molecule has 4 aromatic rings. The molecule has 0 aliphatic carbocycles. The number of ether oxygens (including phenoxy) is 1. The minimum absolute atomic E-state index is 0.193. The van der Waals surface area contributed by atoms with Crippen LogP contribution in [0.25, 0.3) is 32.6 Å². The zero-order valence-electron chi connectivity index (χ0n) is 17.0. The number of hydrogen-bond acceptors (Lipinski definition) is 4. The number of hydrogen-bond donors (Lipinski definition) is 3. The third kappa shape index (κ3) is 2.82. The summed E-state index contributed by atoms with van der Waals surface area (Å²) in [5.74, 6) is 0.854. The molecule has 146 valence electrons. The monoisotopic (exact) mass is 376 g/mol. The molecule has 0 aliphatic heterocycles. The highest BCUT2D eigenvalue weighted by molar-refractivity contribution is 6.17. The van der Waals surface area contributed by atoms with Gasteiger partial charge in [-0.1, -0.05) is 6.92 Å². The van der Waals surface area contributed by atoms with Gasteiger partial charge in [-0.2, -0.15) is 0 Å². The number of nitrogens with one attached hydrogen (secondary N) is 2. The fourth-order valence-electron chi connectivity index (χ4n) is 4.42. The molecular formula is C23H28N4O. The number of benzene rings is 2. The fourth-order valence-corrected chi connectivity index (χ4v) is 4.42. The van der Waals surface area contributed by atoms with Crippen molar-refractivity contribution < 1.29 is 4.74 Å². The van der Waals surface area contributed by atoms with Gasteiger partial charge in [0.05, 0.1) is 18.1 Å². The zero-order valence-corrected chi connectivity index (χ0v) is 17.0. The van der Waals surface area contributed by atoms with Gasteiger partial charge in [-0.15, -0.1) is 0 Å². The van der Waals surface area contributed by atoms with Gasteiger partial charge in [0.15, 0.2) is 0 Å². The quantitative estimate of drug-likeness (QED) is 0.463. The van der Waals surface area contributed by atoms with E-state index in [4.69, 9.17) is 15.5 Å². The van der Waals surface area contributed by atoms with Crippen molar-refractivity contribution in [1.82, 2.24) is 15.3 Å². The van der Waals surface area contributed by atoms with E-state index in [-0.39, 0.29) is 6.04 Å². The van der Waals surface area contributed by atoms with Crippen LogP contribution in [0, 0.1) is 13.8 Å². The van der Waals surface area contributed by atoms with Crippen LogP contribution in [0.1, 0.15) is 36.2 Å². The number of aryl methyl sites for hydroxylation is 2. The summed E-state index contributed by atoms with van der Waals surface area (Å²) in [5.41, 5.74) is 11.7.